The molecule has 7 heteroatoms. The van der Waals surface area contributed by atoms with Crippen LogP contribution in [0.25, 0.3) is 0 Å². The van der Waals surface area contributed by atoms with Crippen LogP contribution in [-0.4, -0.2) is 30.0 Å². The predicted octanol–water partition coefficient (Wildman–Crippen LogP) is 3.00. The van der Waals surface area contributed by atoms with E-state index in [9.17, 15) is 14.7 Å². The van der Waals surface area contributed by atoms with Crippen LogP contribution in [0.4, 0.5) is 11.4 Å². The highest BCUT2D eigenvalue weighted by atomic mass is 35.5. The zero-order chi connectivity index (χ0) is 18.7. The standard InChI is InChI=1S/C19H20ClN3O3/c20-13-1-6-17(24)16(11-13)19(26)22-14-2-4-15(5-3-14)23-9-7-12(8-10-23)18(21)25/h1-6,11-12,24H,7-10H2,(H2,21,25)(H,22,26). The Morgan fingerprint density at radius 3 is 2.38 bits per heavy atom. The fourth-order valence-electron chi connectivity index (χ4n) is 3.07. The van der Waals surface area contributed by atoms with E-state index < -0.39 is 5.91 Å². The van der Waals surface area contributed by atoms with E-state index in [0.29, 0.717) is 10.7 Å². The Hall–Kier alpha value is -2.73. The summed E-state index contributed by atoms with van der Waals surface area (Å²) in [5.74, 6) is -0.831. The molecule has 4 N–H and O–H groups in total. The van der Waals surface area contributed by atoms with Gasteiger partial charge in [0.25, 0.3) is 5.91 Å². The first-order chi connectivity index (χ1) is 12.4. The SMILES string of the molecule is NC(=O)C1CCN(c2ccc(NC(=O)c3cc(Cl)ccc3O)cc2)CC1. The number of amides is 2. The molecule has 0 unspecified atom stereocenters. The van der Waals surface area contributed by atoms with Gasteiger partial charge in [-0.25, -0.2) is 0 Å². The summed E-state index contributed by atoms with van der Waals surface area (Å²) in [6, 6.07) is 11.8. The Bertz CT molecular complexity index is 815. The molecule has 1 aliphatic rings. The average Bonchev–Trinajstić information content (AvgIpc) is 2.64. The van der Waals surface area contributed by atoms with Crippen molar-refractivity contribution in [3.05, 3.63) is 53.1 Å². The lowest BCUT2D eigenvalue weighted by Crippen LogP contribution is -2.38. The lowest BCUT2D eigenvalue weighted by Gasteiger charge is -2.32. The molecule has 6 nitrogen and oxygen atoms in total. The number of rotatable bonds is 4. The Morgan fingerprint density at radius 1 is 1.12 bits per heavy atom. The second-order valence-electron chi connectivity index (χ2n) is 6.33. The molecular formula is C19H20ClN3O3. The number of carbonyl (C=O) groups is 2. The minimum absolute atomic E-state index is 0.0461. The minimum Gasteiger partial charge on any atom is -0.507 e. The largest absolute Gasteiger partial charge is 0.507 e. The molecule has 0 radical (unpaired) electrons. The van der Waals surface area contributed by atoms with Gasteiger partial charge in [-0.2, -0.15) is 0 Å². The Morgan fingerprint density at radius 2 is 1.77 bits per heavy atom. The number of hydrogen-bond donors (Lipinski definition) is 3. The highest BCUT2D eigenvalue weighted by molar-refractivity contribution is 6.31. The first-order valence-corrected chi connectivity index (χ1v) is 8.76. The van der Waals surface area contributed by atoms with Gasteiger partial charge >= 0.3 is 0 Å². The molecule has 1 heterocycles. The summed E-state index contributed by atoms with van der Waals surface area (Å²) in [6.45, 7) is 1.55. The normalized spacial score (nSPS) is 14.9. The summed E-state index contributed by atoms with van der Waals surface area (Å²) in [6.07, 6.45) is 1.50. The lowest BCUT2D eigenvalue weighted by atomic mass is 9.96. The van der Waals surface area contributed by atoms with Gasteiger partial charge in [0.2, 0.25) is 5.91 Å². The van der Waals surface area contributed by atoms with Gasteiger partial charge in [0.1, 0.15) is 5.75 Å². The fraction of sp³-hybridized carbons (Fsp3) is 0.263. The first-order valence-electron chi connectivity index (χ1n) is 8.38. The molecule has 1 saturated heterocycles. The molecule has 0 aromatic heterocycles. The van der Waals surface area contributed by atoms with E-state index in [1.807, 2.05) is 12.1 Å². The van der Waals surface area contributed by atoms with Gasteiger partial charge in [-0.05, 0) is 55.3 Å². The quantitative estimate of drug-likeness (QED) is 0.767. The van der Waals surface area contributed by atoms with Gasteiger partial charge in [-0.15, -0.1) is 0 Å². The molecule has 2 amide bonds. The van der Waals surface area contributed by atoms with Crippen LogP contribution in [0.15, 0.2) is 42.5 Å². The topological polar surface area (TPSA) is 95.7 Å². The number of phenols is 1. The van der Waals surface area contributed by atoms with Crippen LogP contribution in [0.5, 0.6) is 5.75 Å². The van der Waals surface area contributed by atoms with Gasteiger partial charge in [-0.3, -0.25) is 9.59 Å². The van der Waals surface area contributed by atoms with Crippen LogP contribution >= 0.6 is 11.6 Å². The molecule has 0 bridgehead atoms. The maximum Gasteiger partial charge on any atom is 0.259 e. The molecule has 0 saturated carbocycles. The van der Waals surface area contributed by atoms with Gasteiger partial charge in [-0.1, -0.05) is 11.6 Å². The van der Waals surface area contributed by atoms with Crippen molar-refractivity contribution in [1.29, 1.82) is 0 Å². The molecule has 0 atom stereocenters. The van der Waals surface area contributed by atoms with Crippen molar-refractivity contribution in [2.45, 2.75) is 12.8 Å². The van der Waals surface area contributed by atoms with E-state index in [0.717, 1.165) is 31.6 Å². The van der Waals surface area contributed by atoms with E-state index in [-0.39, 0.29) is 23.1 Å². The first kappa shape index (κ1) is 18.1. The van der Waals surface area contributed by atoms with Crippen LogP contribution in [0.3, 0.4) is 0 Å². The molecule has 3 rings (SSSR count). The molecule has 1 fully saturated rings. The van der Waals surface area contributed by atoms with Crippen LogP contribution < -0.4 is 16.0 Å². The maximum absolute atomic E-state index is 12.3. The molecule has 0 spiro atoms. The smallest absolute Gasteiger partial charge is 0.259 e. The number of primary amides is 1. The second-order valence-corrected chi connectivity index (χ2v) is 6.76. The summed E-state index contributed by atoms with van der Waals surface area (Å²) in [4.78, 5) is 25.7. The predicted molar refractivity (Wildman–Crippen MR) is 102 cm³/mol. The third kappa shape index (κ3) is 4.08. The summed E-state index contributed by atoms with van der Waals surface area (Å²) in [7, 11) is 0. The zero-order valence-corrected chi connectivity index (χ0v) is 14.9. The van der Waals surface area contributed by atoms with Crippen molar-refractivity contribution < 1.29 is 14.7 Å². The molecule has 1 aliphatic heterocycles. The number of phenolic OH excluding ortho intramolecular Hbond substituents is 1. The van der Waals surface area contributed by atoms with E-state index >= 15 is 0 Å². The van der Waals surface area contributed by atoms with Crippen LogP contribution in [0.2, 0.25) is 5.02 Å². The number of anilines is 2. The Kier molecular flexibility index (Phi) is 5.32. The number of halogens is 1. The Balaban J connectivity index is 1.64. The third-order valence-electron chi connectivity index (χ3n) is 4.59. The number of aromatic hydroxyl groups is 1. The average molecular weight is 374 g/mol. The molecule has 0 aliphatic carbocycles. The van der Waals surface area contributed by atoms with Gasteiger partial charge in [0, 0.05) is 35.4 Å². The van der Waals surface area contributed by atoms with Crippen molar-refractivity contribution in [3.63, 3.8) is 0 Å². The fourth-order valence-corrected chi connectivity index (χ4v) is 3.24. The number of carbonyl (C=O) groups excluding carboxylic acids is 2. The van der Waals surface area contributed by atoms with Crippen molar-refractivity contribution in [1.82, 2.24) is 0 Å². The summed E-state index contributed by atoms with van der Waals surface area (Å²) >= 11 is 5.87. The number of piperidine rings is 1. The van der Waals surface area contributed by atoms with E-state index in [4.69, 9.17) is 17.3 Å². The summed E-state index contributed by atoms with van der Waals surface area (Å²) in [5.41, 5.74) is 7.12. The van der Waals surface area contributed by atoms with Crippen molar-refractivity contribution in [3.8, 4) is 5.75 Å². The highest BCUT2D eigenvalue weighted by Crippen LogP contribution is 2.26. The number of nitrogens with two attached hydrogens (primary N) is 1. The van der Waals surface area contributed by atoms with Crippen LogP contribution in [0.1, 0.15) is 23.2 Å². The van der Waals surface area contributed by atoms with Crippen molar-refractivity contribution in [2.75, 3.05) is 23.3 Å². The van der Waals surface area contributed by atoms with Crippen LogP contribution in [0, 0.1) is 5.92 Å². The maximum atomic E-state index is 12.3. The molecule has 2 aromatic rings. The molecular weight excluding hydrogens is 354 g/mol. The monoisotopic (exact) mass is 373 g/mol. The van der Waals surface area contributed by atoms with Crippen molar-refractivity contribution >= 4 is 34.8 Å². The lowest BCUT2D eigenvalue weighted by molar-refractivity contribution is -0.122. The van der Waals surface area contributed by atoms with E-state index in [1.165, 1.54) is 18.2 Å². The van der Waals surface area contributed by atoms with Gasteiger partial charge in [0.15, 0.2) is 0 Å². The van der Waals surface area contributed by atoms with Crippen LogP contribution in [-0.2, 0) is 4.79 Å². The minimum atomic E-state index is -0.431. The highest BCUT2D eigenvalue weighted by Gasteiger charge is 2.23. The Labute approximate surface area is 156 Å². The van der Waals surface area contributed by atoms with E-state index in [1.54, 1.807) is 12.1 Å². The van der Waals surface area contributed by atoms with Gasteiger partial charge < -0.3 is 21.1 Å². The summed E-state index contributed by atoms with van der Waals surface area (Å²) in [5, 5.41) is 12.9. The third-order valence-corrected chi connectivity index (χ3v) is 4.83. The summed E-state index contributed by atoms with van der Waals surface area (Å²) < 4.78 is 0. The zero-order valence-electron chi connectivity index (χ0n) is 14.1. The van der Waals surface area contributed by atoms with Gasteiger partial charge in [0.05, 0.1) is 5.56 Å². The molecule has 136 valence electrons. The number of hydrogen-bond acceptors (Lipinski definition) is 4. The molecule has 26 heavy (non-hydrogen) atoms. The molecule has 2 aromatic carbocycles. The second kappa shape index (κ2) is 7.66. The van der Waals surface area contributed by atoms with Crippen molar-refractivity contribution in [2.24, 2.45) is 11.7 Å². The number of benzene rings is 2. The number of nitrogens with one attached hydrogen (secondary N) is 1. The number of nitrogens with zero attached hydrogens (tertiary/aromatic N) is 1. The van der Waals surface area contributed by atoms with E-state index in [2.05, 4.69) is 10.2 Å².